The minimum Gasteiger partial charge on any atom is -0.478 e. The van der Waals surface area contributed by atoms with Gasteiger partial charge < -0.3 is 5.11 Å². The van der Waals surface area contributed by atoms with Crippen molar-refractivity contribution in [3.05, 3.63) is 12.2 Å². The Hall–Kier alpha value is -1.12. The van der Waals surface area contributed by atoms with Crippen molar-refractivity contribution in [2.45, 2.75) is 52.9 Å². The van der Waals surface area contributed by atoms with E-state index in [0.717, 1.165) is 12.3 Å². The average Bonchev–Trinajstić information content (AvgIpc) is 2.27. The van der Waals surface area contributed by atoms with Crippen molar-refractivity contribution in [3.8, 4) is 0 Å². The zero-order valence-corrected chi connectivity index (χ0v) is 12.0. The first kappa shape index (κ1) is 16.9. The highest BCUT2D eigenvalue weighted by molar-refractivity contribution is 5.85. The van der Waals surface area contributed by atoms with Gasteiger partial charge in [0.1, 0.15) is 0 Å². The molecule has 0 aromatic rings. The molecule has 0 aliphatic heterocycles. The van der Waals surface area contributed by atoms with E-state index in [4.69, 9.17) is 5.11 Å². The molecule has 0 bridgehead atoms. The molecule has 0 aromatic carbocycles. The number of aliphatic imine (C=N–C) groups is 1. The Kier molecular flexibility index (Phi) is 9.25. The third-order valence-corrected chi connectivity index (χ3v) is 2.87. The highest BCUT2D eigenvalue weighted by atomic mass is 16.4. The van der Waals surface area contributed by atoms with E-state index in [1.807, 2.05) is 6.21 Å². The molecule has 0 amide bonds. The summed E-state index contributed by atoms with van der Waals surface area (Å²) < 4.78 is 0. The van der Waals surface area contributed by atoms with Crippen LogP contribution in [-0.4, -0.2) is 23.8 Å². The molecule has 0 spiro atoms. The van der Waals surface area contributed by atoms with Crippen molar-refractivity contribution >= 4 is 12.2 Å². The number of rotatable bonds is 10. The number of nitrogens with zero attached hydrogens (tertiary/aromatic N) is 1. The SMILES string of the molecule is C=C(CCCN=CC(C)CCCC(C)C)C(=O)O. The third kappa shape index (κ3) is 10.1. The Labute approximate surface area is 111 Å². The second-order valence-corrected chi connectivity index (χ2v) is 5.37. The van der Waals surface area contributed by atoms with Crippen molar-refractivity contribution in [1.82, 2.24) is 0 Å². The van der Waals surface area contributed by atoms with Gasteiger partial charge in [0.25, 0.3) is 0 Å². The predicted molar refractivity (Wildman–Crippen MR) is 77.2 cm³/mol. The lowest BCUT2D eigenvalue weighted by atomic mass is 10.0. The second kappa shape index (κ2) is 9.86. The lowest BCUT2D eigenvalue weighted by Crippen LogP contribution is -2.01. The maximum absolute atomic E-state index is 10.5. The molecule has 0 rings (SSSR count). The van der Waals surface area contributed by atoms with Gasteiger partial charge in [0.2, 0.25) is 0 Å². The summed E-state index contributed by atoms with van der Waals surface area (Å²) in [5.41, 5.74) is 0.273. The van der Waals surface area contributed by atoms with Crippen LogP contribution in [-0.2, 0) is 4.79 Å². The number of hydrogen-bond acceptors (Lipinski definition) is 2. The summed E-state index contributed by atoms with van der Waals surface area (Å²) in [6, 6.07) is 0. The molecule has 0 aliphatic rings. The van der Waals surface area contributed by atoms with Gasteiger partial charge in [-0.05, 0) is 31.1 Å². The maximum atomic E-state index is 10.5. The van der Waals surface area contributed by atoms with Crippen LogP contribution in [0.1, 0.15) is 52.9 Å². The molecule has 3 nitrogen and oxygen atoms in total. The van der Waals surface area contributed by atoms with Crippen molar-refractivity contribution in [3.63, 3.8) is 0 Å². The Balaban J connectivity index is 3.57. The molecule has 1 N–H and O–H groups in total. The first-order chi connectivity index (χ1) is 8.43. The molecular formula is C15H27NO2. The van der Waals surface area contributed by atoms with Gasteiger partial charge in [0.05, 0.1) is 0 Å². The minimum atomic E-state index is -0.902. The van der Waals surface area contributed by atoms with Gasteiger partial charge in [0.15, 0.2) is 0 Å². The molecule has 0 fully saturated rings. The Morgan fingerprint density at radius 2 is 1.94 bits per heavy atom. The molecular weight excluding hydrogens is 226 g/mol. The third-order valence-electron chi connectivity index (χ3n) is 2.87. The van der Waals surface area contributed by atoms with Crippen molar-refractivity contribution in [1.29, 1.82) is 0 Å². The van der Waals surface area contributed by atoms with E-state index >= 15 is 0 Å². The van der Waals surface area contributed by atoms with E-state index in [0.29, 0.717) is 18.9 Å². The van der Waals surface area contributed by atoms with Gasteiger partial charge in [-0.2, -0.15) is 0 Å². The van der Waals surface area contributed by atoms with Crippen molar-refractivity contribution in [2.75, 3.05) is 6.54 Å². The zero-order valence-electron chi connectivity index (χ0n) is 12.0. The molecule has 0 radical (unpaired) electrons. The molecule has 1 unspecified atom stereocenters. The number of carboxylic acids is 1. The van der Waals surface area contributed by atoms with Gasteiger partial charge >= 0.3 is 5.97 Å². The lowest BCUT2D eigenvalue weighted by molar-refractivity contribution is -0.132. The summed E-state index contributed by atoms with van der Waals surface area (Å²) in [6.45, 7) is 10.9. The molecule has 0 aromatic heterocycles. The van der Waals surface area contributed by atoms with Gasteiger partial charge in [-0.15, -0.1) is 0 Å². The maximum Gasteiger partial charge on any atom is 0.330 e. The Bertz CT molecular complexity index is 282. The fourth-order valence-electron chi connectivity index (χ4n) is 1.67. The summed E-state index contributed by atoms with van der Waals surface area (Å²) in [4.78, 5) is 14.8. The number of aliphatic carboxylic acids is 1. The first-order valence-corrected chi connectivity index (χ1v) is 6.84. The average molecular weight is 253 g/mol. The fourth-order valence-corrected chi connectivity index (χ4v) is 1.67. The van der Waals surface area contributed by atoms with Crippen LogP contribution in [0, 0.1) is 11.8 Å². The van der Waals surface area contributed by atoms with Crippen molar-refractivity contribution < 1.29 is 9.90 Å². The smallest absolute Gasteiger partial charge is 0.330 e. The first-order valence-electron chi connectivity index (χ1n) is 6.84. The standard InChI is InChI=1S/C15H27NO2/c1-12(2)7-5-8-13(3)11-16-10-6-9-14(4)15(17)18/h11-13H,4-10H2,1-3H3,(H,17,18). The fraction of sp³-hybridized carbons (Fsp3) is 0.733. The van der Waals surface area contributed by atoms with E-state index in [9.17, 15) is 4.79 Å². The van der Waals surface area contributed by atoms with E-state index < -0.39 is 5.97 Å². The topological polar surface area (TPSA) is 49.7 Å². The van der Waals surface area contributed by atoms with Crippen LogP contribution in [0.4, 0.5) is 0 Å². The summed E-state index contributed by atoms with van der Waals surface area (Å²) >= 11 is 0. The van der Waals surface area contributed by atoms with E-state index in [2.05, 4.69) is 32.3 Å². The van der Waals surface area contributed by atoms with Crippen LogP contribution >= 0.6 is 0 Å². The highest BCUT2D eigenvalue weighted by Crippen LogP contribution is 2.11. The van der Waals surface area contributed by atoms with Gasteiger partial charge in [-0.1, -0.05) is 40.2 Å². The van der Waals surface area contributed by atoms with Crippen LogP contribution in [0.15, 0.2) is 17.1 Å². The van der Waals surface area contributed by atoms with Crippen LogP contribution in [0.2, 0.25) is 0 Å². The van der Waals surface area contributed by atoms with E-state index in [-0.39, 0.29) is 5.57 Å². The molecule has 3 heteroatoms. The quantitative estimate of drug-likeness (QED) is 0.364. The summed E-state index contributed by atoms with van der Waals surface area (Å²) in [6.07, 6.45) is 7.00. The van der Waals surface area contributed by atoms with Crippen LogP contribution < -0.4 is 0 Å². The zero-order chi connectivity index (χ0) is 14.0. The van der Waals surface area contributed by atoms with Gasteiger partial charge in [-0.25, -0.2) is 4.79 Å². The van der Waals surface area contributed by atoms with Crippen molar-refractivity contribution in [2.24, 2.45) is 16.8 Å². The van der Waals surface area contributed by atoms with Crippen LogP contribution in [0.25, 0.3) is 0 Å². The molecule has 0 saturated heterocycles. The van der Waals surface area contributed by atoms with Gasteiger partial charge in [0, 0.05) is 18.3 Å². The molecule has 18 heavy (non-hydrogen) atoms. The van der Waals surface area contributed by atoms with Gasteiger partial charge in [-0.3, -0.25) is 4.99 Å². The Morgan fingerprint density at radius 1 is 1.28 bits per heavy atom. The number of carboxylic acid groups (broad SMARTS) is 1. The number of hydrogen-bond donors (Lipinski definition) is 1. The van der Waals surface area contributed by atoms with E-state index in [1.54, 1.807) is 0 Å². The molecule has 1 atom stereocenters. The monoisotopic (exact) mass is 253 g/mol. The second-order valence-electron chi connectivity index (χ2n) is 5.37. The molecule has 0 heterocycles. The minimum absolute atomic E-state index is 0.273. The highest BCUT2D eigenvalue weighted by Gasteiger charge is 2.02. The van der Waals surface area contributed by atoms with Crippen LogP contribution in [0.5, 0.6) is 0 Å². The van der Waals surface area contributed by atoms with Crippen LogP contribution in [0.3, 0.4) is 0 Å². The molecule has 104 valence electrons. The van der Waals surface area contributed by atoms with E-state index in [1.165, 1.54) is 19.3 Å². The lowest BCUT2D eigenvalue weighted by Gasteiger charge is -2.07. The largest absolute Gasteiger partial charge is 0.478 e. The molecule has 0 saturated carbocycles. The number of carbonyl (C=O) groups is 1. The predicted octanol–water partition coefficient (Wildman–Crippen LogP) is 3.94. The normalized spacial score (nSPS) is 13.1. The summed E-state index contributed by atoms with van der Waals surface area (Å²) in [7, 11) is 0. The summed E-state index contributed by atoms with van der Waals surface area (Å²) in [5, 5.41) is 8.63. The molecule has 0 aliphatic carbocycles. The Morgan fingerprint density at radius 3 is 2.50 bits per heavy atom. The summed E-state index contributed by atoms with van der Waals surface area (Å²) in [5.74, 6) is 0.392.